The van der Waals surface area contributed by atoms with Crippen LogP contribution in [-0.2, 0) is 9.53 Å². The van der Waals surface area contributed by atoms with Gasteiger partial charge in [-0.2, -0.15) is 0 Å². The van der Waals surface area contributed by atoms with E-state index >= 15 is 0 Å². The molecule has 1 aliphatic heterocycles. The van der Waals surface area contributed by atoms with Crippen molar-refractivity contribution < 1.29 is 14.3 Å². The molecule has 1 fully saturated rings. The number of nitrogens with zero attached hydrogens (tertiary/aromatic N) is 4. The van der Waals surface area contributed by atoms with Gasteiger partial charge in [0.15, 0.2) is 0 Å². The first-order valence-electron chi connectivity index (χ1n) is 12.4. The zero-order chi connectivity index (χ0) is 25.1. The van der Waals surface area contributed by atoms with Crippen molar-refractivity contribution in [2.24, 2.45) is 5.92 Å². The van der Waals surface area contributed by atoms with Crippen LogP contribution in [0.1, 0.15) is 30.4 Å². The van der Waals surface area contributed by atoms with Crippen LogP contribution in [0.25, 0.3) is 0 Å². The Hall–Kier alpha value is -1.32. The second-order valence-electron chi connectivity index (χ2n) is 9.80. The molecular formula is C26H46N4O3S. The summed E-state index contributed by atoms with van der Waals surface area (Å²) in [5.74, 6) is 1.56. The van der Waals surface area contributed by atoms with Crippen LogP contribution in [0.4, 0.5) is 0 Å². The fourth-order valence-electron chi connectivity index (χ4n) is 4.33. The average molecular weight is 495 g/mol. The van der Waals surface area contributed by atoms with Crippen LogP contribution in [0.2, 0.25) is 0 Å². The van der Waals surface area contributed by atoms with Gasteiger partial charge < -0.3 is 24.2 Å². The quantitative estimate of drug-likeness (QED) is 0.290. The maximum Gasteiger partial charge on any atom is 0.248 e. The number of ether oxygens (including phenoxy) is 2. The Morgan fingerprint density at radius 1 is 1.09 bits per heavy atom. The fourth-order valence-corrected chi connectivity index (χ4v) is 5.21. The molecule has 7 nitrogen and oxygen atoms in total. The predicted molar refractivity (Wildman–Crippen MR) is 142 cm³/mol. The van der Waals surface area contributed by atoms with E-state index in [0.717, 1.165) is 38.5 Å². The lowest BCUT2D eigenvalue weighted by Crippen LogP contribution is -2.41. The molecular weight excluding hydrogens is 448 g/mol. The van der Waals surface area contributed by atoms with Gasteiger partial charge in [-0.15, -0.1) is 0 Å². The molecule has 1 aromatic carbocycles. The molecule has 0 aromatic heterocycles. The number of likely N-dealkylation sites (N-methyl/N-ethyl adjacent to an activating group) is 2. The van der Waals surface area contributed by atoms with Gasteiger partial charge in [0.25, 0.3) is 0 Å². The number of piperidine rings is 1. The second-order valence-corrected chi connectivity index (χ2v) is 11.0. The van der Waals surface area contributed by atoms with Crippen molar-refractivity contribution >= 4 is 17.9 Å². The Bertz CT molecular complexity index is 731. The molecule has 1 amide bonds. The number of rotatable bonds is 14. The molecule has 0 spiro atoms. The summed E-state index contributed by atoms with van der Waals surface area (Å²) < 4.78 is 13.2. The number of hydrogen-bond donors (Lipinski definition) is 0. The van der Waals surface area contributed by atoms with Gasteiger partial charge in [0.1, 0.15) is 12.4 Å². The Labute approximate surface area is 211 Å². The van der Waals surface area contributed by atoms with Crippen LogP contribution in [-0.4, -0.2) is 113 Å². The zero-order valence-electron chi connectivity index (χ0n) is 22.4. The van der Waals surface area contributed by atoms with Crippen LogP contribution in [0.15, 0.2) is 17.0 Å². The van der Waals surface area contributed by atoms with Crippen LogP contribution in [0.5, 0.6) is 5.75 Å². The molecule has 1 saturated heterocycles. The highest BCUT2D eigenvalue weighted by Gasteiger charge is 2.22. The Kier molecular flexibility index (Phi) is 12.7. The molecule has 0 aliphatic carbocycles. The summed E-state index contributed by atoms with van der Waals surface area (Å²) in [6.07, 6.45) is 3.57. The number of likely N-dealkylation sites (tertiary alicyclic amines) is 1. The number of hydrogen-bond acceptors (Lipinski definition) is 7. The molecule has 34 heavy (non-hydrogen) atoms. The summed E-state index contributed by atoms with van der Waals surface area (Å²) in [4.78, 5) is 20.4. The first-order chi connectivity index (χ1) is 16.2. The second kappa shape index (κ2) is 14.9. The number of benzene rings is 1. The molecule has 0 N–H and O–H groups in total. The smallest absolute Gasteiger partial charge is 0.248 e. The first-order valence-corrected chi connectivity index (χ1v) is 13.2. The lowest BCUT2D eigenvalue weighted by atomic mass is 9.96. The molecule has 194 valence electrons. The highest BCUT2D eigenvalue weighted by Crippen LogP contribution is 2.31. The van der Waals surface area contributed by atoms with Crippen molar-refractivity contribution in [2.45, 2.75) is 38.0 Å². The minimum Gasteiger partial charge on any atom is -0.497 e. The van der Waals surface area contributed by atoms with Crippen molar-refractivity contribution in [1.82, 2.24) is 19.0 Å². The van der Waals surface area contributed by atoms with Crippen LogP contribution in [0, 0.1) is 19.8 Å². The third kappa shape index (κ3) is 10.1. The molecule has 8 heteroatoms. The summed E-state index contributed by atoms with van der Waals surface area (Å²) in [7, 11) is 9.92. The Morgan fingerprint density at radius 3 is 2.32 bits per heavy atom. The fraction of sp³-hybridized carbons (Fsp3) is 0.731. The predicted octanol–water partition coefficient (Wildman–Crippen LogP) is 3.39. The van der Waals surface area contributed by atoms with Gasteiger partial charge >= 0.3 is 0 Å². The number of carbonyl (C=O) groups excluding carboxylic acids is 1. The Balaban J connectivity index is 1.61. The topological polar surface area (TPSA) is 48.5 Å². The standard InChI is InChI=1S/C26H46N4O3S/c1-21-17-24(32-7)18-22(2)26(21)34-29(6)15-16-33-20-25(31)28(5)19-23-9-13-30(14-10-23)12-8-11-27(3)4/h17-18,23H,8-16,19-20H2,1-7H3. The van der Waals surface area contributed by atoms with Crippen molar-refractivity contribution in [3.8, 4) is 5.75 Å². The molecule has 1 heterocycles. The van der Waals surface area contributed by atoms with Crippen LogP contribution < -0.4 is 4.74 Å². The van der Waals surface area contributed by atoms with Crippen molar-refractivity contribution in [2.75, 3.05) is 87.8 Å². The molecule has 1 aliphatic rings. The molecule has 0 bridgehead atoms. The van der Waals surface area contributed by atoms with E-state index < -0.39 is 0 Å². The average Bonchev–Trinajstić information content (AvgIpc) is 2.79. The maximum absolute atomic E-state index is 12.5. The van der Waals surface area contributed by atoms with E-state index in [-0.39, 0.29) is 12.5 Å². The van der Waals surface area contributed by atoms with E-state index in [2.05, 4.69) is 61.2 Å². The first kappa shape index (κ1) is 28.9. The van der Waals surface area contributed by atoms with Crippen molar-refractivity contribution in [3.63, 3.8) is 0 Å². The molecule has 0 atom stereocenters. The Morgan fingerprint density at radius 2 is 1.74 bits per heavy atom. The molecule has 0 radical (unpaired) electrons. The van der Waals surface area contributed by atoms with E-state index in [1.807, 2.05) is 11.9 Å². The van der Waals surface area contributed by atoms with Gasteiger partial charge in [0.05, 0.1) is 13.7 Å². The third-order valence-corrected chi connectivity index (χ3v) is 7.76. The minimum absolute atomic E-state index is 0.0746. The summed E-state index contributed by atoms with van der Waals surface area (Å²) in [5.41, 5.74) is 2.40. The highest BCUT2D eigenvalue weighted by atomic mass is 32.2. The third-order valence-electron chi connectivity index (χ3n) is 6.44. The number of aryl methyl sites for hydroxylation is 2. The SMILES string of the molecule is COc1cc(C)c(SN(C)CCOCC(=O)N(C)CC2CCN(CCCN(C)C)CC2)c(C)c1. The molecule has 0 saturated carbocycles. The highest BCUT2D eigenvalue weighted by molar-refractivity contribution is 7.97. The van der Waals surface area contributed by atoms with Gasteiger partial charge in [-0.3, -0.25) is 4.79 Å². The summed E-state index contributed by atoms with van der Waals surface area (Å²) in [6, 6.07) is 4.12. The van der Waals surface area contributed by atoms with Crippen LogP contribution >= 0.6 is 11.9 Å². The van der Waals surface area contributed by atoms with Gasteiger partial charge in [-0.1, -0.05) is 0 Å². The number of carbonyl (C=O) groups is 1. The van der Waals surface area contributed by atoms with Gasteiger partial charge in [-0.25, -0.2) is 4.31 Å². The molecule has 2 rings (SSSR count). The van der Waals surface area contributed by atoms with Crippen molar-refractivity contribution in [3.05, 3.63) is 23.3 Å². The van der Waals surface area contributed by atoms with Gasteiger partial charge in [-0.05, 0) is 122 Å². The minimum atomic E-state index is 0.0746. The van der Waals surface area contributed by atoms with E-state index in [1.165, 1.54) is 41.8 Å². The van der Waals surface area contributed by atoms with Gasteiger partial charge in [0, 0.05) is 25.0 Å². The van der Waals surface area contributed by atoms with E-state index in [4.69, 9.17) is 9.47 Å². The summed E-state index contributed by atoms with van der Waals surface area (Å²) >= 11 is 1.71. The lowest BCUT2D eigenvalue weighted by Gasteiger charge is -2.34. The van der Waals surface area contributed by atoms with E-state index in [1.54, 1.807) is 19.1 Å². The summed E-state index contributed by atoms with van der Waals surface area (Å²) in [6.45, 7) is 11.1. The summed E-state index contributed by atoms with van der Waals surface area (Å²) in [5, 5.41) is 0. The molecule has 1 aromatic rings. The lowest BCUT2D eigenvalue weighted by molar-refractivity contribution is -0.135. The number of amides is 1. The monoisotopic (exact) mass is 494 g/mol. The number of methoxy groups -OCH3 is 1. The normalized spacial score (nSPS) is 15.3. The van der Waals surface area contributed by atoms with Crippen molar-refractivity contribution in [1.29, 1.82) is 0 Å². The largest absolute Gasteiger partial charge is 0.497 e. The zero-order valence-corrected chi connectivity index (χ0v) is 23.2. The van der Waals surface area contributed by atoms with Crippen LogP contribution in [0.3, 0.4) is 0 Å². The maximum atomic E-state index is 12.5. The van der Waals surface area contributed by atoms with E-state index in [0.29, 0.717) is 12.5 Å². The molecule has 0 unspecified atom stereocenters. The van der Waals surface area contributed by atoms with E-state index in [9.17, 15) is 4.79 Å². The van der Waals surface area contributed by atoms with Gasteiger partial charge in [0.2, 0.25) is 5.91 Å².